The second-order valence-corrected chi connectivity index (χ2v) is 8.12. The molecule has 4 rings (SSSR count). The van der Waals surface area contributed by atoms with Crippen molar-refractivity contribution in [3.05, 3.63) is 118 Å². The van der Waals surface area contributed by atoms with E-state index in [1.807, 2.05) is 18.2 Å². The van der Waals surface area contributed by atoms with Gasteiger partial charge in [-0.2, -0.15) is 0 Å². The van der Waals surface area contributed by atoms with E-state index in [1.54, 1.807) is 0 Å². The van der Waals surface area contributed by atoms with Crippen LogP contribution in [0.4, 0.5) is 0 Å². The molecular weight excluding hydrogens is 366 g/mol. The fourth-order valence-electron chi connectivity index (χ4n) is 3.79. The first-order chi connectivity index (χ1) is 14.6. The molecule has 1 saturated heterocycles. The van der Waals surface area contributed by atoms with Crippen molar-refractivity contribution in [2.75, 3.05) is 13.1 Å². The van der Waals surface area contributed by atoms with Crippen LogP contribution in [-0.2, 0) is 11.3 Å². The monoisotopic (exact) mass is 393 g/mol. The van der Waals surface area contributed by atoms with Gasteiger partial charge in [0.15, 0.2) is 5.78 Å². The first-order valence-electron chi connectivity index (χ1n) is 10.4. The fourth-order valence-corrected chi connectivity index (χ4v) is 3.79. The second-order valence-electron chi connectivity index (χ2n) is 8.12. The van der Waals surface area contributed by atoms with Crippen molar-refractivity contribution in [1.29, 1.82) is 0 Å². The van der Waals surface area contributed by atoms with Gasteiger partial charge in [0.05, 0.1) is 0 Å². The summed E-state index contributed by atoms with van der Waals surface area (Å²) in [5, 5.41) is 0. The molecule has 0 N–H and O–H groups in total. The van der Waals surface area contributed by atoms with Crippen LogP contribution in [0, 0.1) is 13.8 Å². The Labute approximate surface area is 179 Å². The number of aryl methyl sites for hydroxylation is 2. The molecule has 0 bridgehead atoms. The number of rotatable bonds is 4. The Morgan fingerprint density at radius 3 is 1.63 bits per heavy atom. The van der Waals surface area contributed by atoms with Gasteiger partial charge in [-0.1, -0.05) is 90.0 Å². The quantitative estimate of drug-likeness (QED) is 0.518. The van der Waals surface area contributed by atoms with Crippen LogP contribution in [0.15, 0.2) is 90.0 Å². The molecular formula is C28H27NO. The smallest absolute Gasteiger partial charge is 0.187 e. The minimum Gasteiger partial charge on any atom is -0.290 e. The molecule has 1 fully saturated rings. The highest BCUT2D eigenvalue weighted by molar-refractivity contribution is 6.14. The summed E-state index contributed by atoms with van der Waals surface area (Å²) in [6.07, 6.45) is 4.09. The Morgan fingerprint density at radius 2 is 1.17 bits per heavy atom. The van der Waals surface area contributed by atoms with Gasteiger partial charge in [-0.25, -0.2) is 0 Å². The van der Waals surface area contributed by atoms with Gasteiger partial charge < -0.3 is 0 Å². The van der Waals surface area contributed by atoms with Crippen molar-refractivity contribution >= 4 is 17.9 Å². The van der Waals surface area contributed by atoms with E-state index in [4.69, 9.17) is 0 Å². The van der Waals surface area contributed by atoms with E-state index in [1.165, 1.54) is 16.7 Å². The zero-order valence-electron chi connectivity index (χ0n) is 17.6. The topological polar surface area (TPSA) is 20.3 Å². The van der Waals surface area contributed by atoms with E-state index in [2.05, 4.69) is 91.5 Å². The molecule has 0 atom stereocenters. The first kappa shape index (κ1) is 20.1. The molecule has 0 radical (unpaired) electrons. The maximum absolute atomic E-state index is 13.3. The number of hydrogen-bond acceptors (Lipinski definition) is 2. The van der Waals surface area contributed by atoms with Gasteiger partial charge in [0, 0.05) is 30.8 Å². The van der Waals surface area contributed by atoms with Crippen LogP contribution >= 0.6 is 0 Å². The number of hydrogen-bond donors (Lipinski definition) is 0. The van der Waals surface area contributed by atoms with Crippen molar-refractivity contribution in [1.82, 2.24) is 4.90 Å². The van der Waals surface area contributed by atoms with Crippen LogP contribution in [0.3, 0.4) is 0 Å². The number of Topliss-reactive ketones (excluding diaryl/α,β-unsaturated/α-hetero) is 1. The Hall–Kier alpha value is -3.23. The highest BCUT2D eigenvalue weighted by Crippen LogP contribution is 2.24. The first-order valence-corrected chi connectivity index (χ1v) is 10.4. The van der Waals surface area contributed by atoms with Gasteiger partial charge in [0.1, 0.15) is 0 Å². The van der Waals surface area contributed by atoms with E-state index in [9.17, 15) is 4.79 Å². The van der Waals surface area contributed by atoms with Gasteiger partial charge in [0.25, 0.3) is 0 Å². The maximum atomic E-state index is 13.3. The molecule has 0 amide bonds. The lowest BCUT2D eigenvalue weighted by molar-refractivity contribution is -0.113. The number of benzene rings is 3. The van der Waals surface area contributed by atoms with Crippen molar-refractivity contribution < 1.29 is 4.79 Å². The Kier molecular flexibility index (Phi) is 6.06. The predicted octanol–water partition coefficient (Wildman–Crippen LogP) is 5.86. The van der Waals surface area contributed by atoms with E-state index in [-0.39, 0.29) is 5.78 Å². The lowest BCUT2D eigenvalue weighted by atomic mass is 9.93. The van der Waals surface area contributed by atoms with Crippen molar-refractivity contribution in [3.63, 3.8) is 0 Å². The Bertz CT molecular complexity index is 1010. The average molecular weight is 394 g/mol. The van der Waals surface area contributed by atoms with Crippen molar-refractivity contribution in [3.8, 4) is 0 Å². The van der Waals surface area contributed by atoms with Crippen LogP contribution < -0.4 is 0 Å². The molecule has 0 spiro atoms. The van der Waals surface area contributed by atoms with Crippen molar-refractivity contribution in [2.45, 2.75) is 20.4 Å². The number of carbonyl (C=O) groups excluding carboxylic acids is 1. The molecule has 0 aromatic heterocycles. The molecule has 0 saturated carbocycles. The summed E-state index contributed by atoms with van der Waals surface area (Å²) < 4.78 is 0. The van der Waals surface area contributed by atoms with Crippen molar-refractivity contribution in [2.24, 2.45) is 0 Å². The zero-order chi connectivity index (χ0) is 20.9. The second kappa shape index (κ2) is 9.06. The lowest BCUT2D eigenvalue weighted by Crippen LogP contribution is -2.37. The van der Waals surface area contributed by atoms with E-state index >= 15 is 0 Å². The molecule has 1 aliphatic heterocycles. The lowest BCUT2D eigenvalue weighted by Gasteiger charge is -2.30. The van der Waals surface area contributed by atoms with E-state index < -0.39 is 0 Å². The van der Waals surface area contributed by atoms with Crippen LogP contribution in [0.1, 0.15) is 27.8 Å². The van der Waals surface area contributed by atoms with E-state index in [0.29, 0.717) is 13.1 Å². The van der Waals surface area contributed by atoms with Crippen LogP contribution in [0.5, 0.6) is 0 Å². The third kappa shape index (κ3) is 5.03. The highest BCUT2D eigenvalue weighted by atomic mass is 16.1. The third-order valence-corrected chi connectivity index (χ3v) is 5.46. The largest absolute Gasteiger partial charge is 0.290 e. The summed E-state index contributed by atoms with van der Waals surface area (Å²) >= 11 is 0. The summed E-state index contributed by atoms with van der Waals surface area (Å²) in [5.74, 6) is 0.153. The summed E-state index contributed by atoms with van der Waals surface area (Å²) in [7, 11) is 0. The minimum absolute atomic E-state index is 0.153. The van der Waals surface area contributed by atoms with E-state index in [0.717, 1.165) is 28.8 Å². The van der Waals surface area contributed by atoms with Crippen LogP contribution in [-0.4, -0.2) is 23.8 Å². The Balaban J connectivity index is 1.67. The third-order valence-electron chi connectivity index (χ3n) is 5.46. The zero-order valence-corrected chi connectivity index (χ0v) is 17.6. The molecule has 30 heavy (non-hydrogen) atoms. The molecule has 3 aromatic rings. The van der Waals surface area contributed by atoms with Gasteiger partial charge in [0.2, 0.25) is 0 Å². The predicted molar refractivity (Wildman–Crippen MR) is 125 cm³/mol. The summed E-state index contributed by atoms with van der Waals surface area (Å²) in [6.45, 7) is 6.30. The van der Waals surface area contributed by atoms with Gasteiger partial charge >= 0.3 is 0 Å². The van der Waals surface area contributed by atoms with Gasteiger partial charge in [-0.3, -0.25) is 9.69 Å². The fraction of sp³-hybridized carbons (Fsp3) is 0.179. The molecule has 150 valence electrons. The summed E-state index contributed by atoms with van der Waals surface area (Å²) in [4.78, 5) is 15.6. The highest BCUT2D eigenvalue weighted by Gasteiger charge is 2.26. The molecule has 0 aliphatic carbocycles. The average Bonchev–Trinajstić information content (AvgIpc) is 2.75. The standard InChI is InChI=1S/C28H27NO/c1-21-8-12-23(13-9-21)16-26-19-29(18-25-6-4-3-5-7-25)20-27(28(26)30)17-24-14-10-22(2)11-15-24/h3-17H,18-20H2,1-2H3/b26-16+,27-17+. The number of nitrogens with zero attached hydrogens (tertiary/aromatic N) is 1. The molecule has 0 unspecified atom stereocenters. The molecule has 1 heterocycles. The SMILES string of the molecule is Cc1ccc(/C=C2\CN(Cc3ccccc3)C/C(=C\c3ccc(C)cc3)C2=O)cc1. The Morgan fingerprint density at radius 1 is 0.700 bits per heavy atom. The van der Waals surface area contributed by atoms with Gasteiger partial charge in [-0.15, -0.1) is 0 Å². The number of ketones is 1. The number of piperidine rings is 1. The number of carbonyl (C=O) groups is 1. The molecule has 1 aliphatic rings. The summed E-state index contributed by atoms with van der Waals surface area (Å²) in [5.41, 5.74) is 7.53. The van der Waals surface area contributed by atoms with Crippen LogP contribution in [0.2, 0.25) is 0 Å². The molecule has 2 heteroatoms. The van der Waals surface area contributed by atoms with Gasteiger partial charge in [-0.05, 0) is 42.7 Å². The number of likely N-dealkylation sites (tertiary alicyclic amines) is 1. The molecule has 2 nitrogen and oxygen atoms in total. The van der Waals surface area contributed by atoms with Crippen LogP contribution in [0.25, 0.3) is 12.2 Å². The normalized spacial score (nSPS) is 17.6. The summed E-state index contributed by atoms with van der Waals surface area (Å²) in [6, 6.07) is 27.1. The maximum Gasteiger partial charge on any atom is 0.187 e. The minimum atomic E-state index is 0.153. The molecule has 3 aromatic carbocycles.